The van der Waals surface area contributed by atoms with E-state index in [-0.39, 0.29) is 0 Å². The van der Waals surface area contributed by atoms with E-state index in [9.17, 15) is 4.79 Å². The first-order chi connectivity index (χ1) is 6.20. The average Bonchev–Trinajstić information content (AvgIpc) is 2.85. The highest BCUT2D eigenvalue weighted by molar-refractivity contribution is 5.95. The van der Waals surface area contributed by atoms with E-state index in [1.807, 2.05) is 12.1 Å². The second kappa shape index (κ2) is 2.76. The second-order valence-corrected chi connectivity index (χ2v) is 3.39. The summed E-state index contributed by atoms with van der Waals surface area (Å²) in [6.45, 7) is 0. The predicted octanol–water partition coefficient (Wildman–Crippen LogP) is 1.84. The minimum atomic E-state index is -0.917. The molecule has 0 spiro atoms. The van der Waals surface area contributed by atoms with E-state index in [2.05, 4.69) is 0 Å². The van der Waals surface area contributed by atoms with Crippen LogP contribution in [0.3, 0.4) is 0 Å². The smallest absolute Gasteiger partial charge is 0.338 e. The molecule has 1 fully saturated rings. The van der Waals surface area contributed by atoms with Gasteiger partial charge in [-0.2, -0.15) is 0 Å². The third-order valence-corrected chi connectivity index (χ3v) is 2.36. The highest BCUT2D eigenvalue weighted by Gasteiger charge is 2.28. The summed E-state index contributed by atoms with van der Waals surface area (Å²) in [5.41, 5.74) is 7.17. The molecular formula is C10H11NO2. The van der Waals surface area contributed by atoms with Gasteiger partial charge in [0.05, 0.1) is 5.56 Å². The van der Waals surface area contributed by atoms with Gasteiger partial charge in [-0.15, -0.1) is 0 Å². The van der Waals surface area contributed by atoms with E-state index < -0.39 is 5.97 Å². The molecular weight excluding hydrogens is 166 g/mol. The van der Waals surface area contributed by atoms with Gasteiger partial charge in [0.1, 0.15) is 0 Å². The van der Waals surface area contributed by atoms with Crippen LogP contribution in [0.2, 0.25) is 0 Å². The number of rotatable bonds is 2. The van der Waals surface area contributed by atoms with E-state index in [4.69, 9.17) is 10.8 Å². The lowest BCUT2D eigenvalue weighted by molar-refractivity contribution is 0.0697. The zero-order chi connectivity index (χ0) is 9.42. The molecule has 13 heavy (non-hydrogen) atoms. The zero-order valence-corrected chi connectivity index (χ0v) is 7.16. The first-order valence-corrected chi connectivity index (χ1v) is 4.32. The molecule has 0 radical (unpaired) electrons. The molecule has 0 aliphatic heterocycles. The molecule has 0 atom stereocenters. The fourth-order valence-corrected chi connectivity index (χ4v) is 1.57. The molecule has 1 saturated carbocycles. The maximum atomic E-state index is 10.9. The van der Waals surface area contributed by atoms with Crippen molar-refractivity contribution in [2.45, 2.75) is 18.8 Å². The SMILES string of the molecule is Nc1cccc(C2CC2)c1C(=O)O. The van der Waals surface area contributed by atoms with Crippen LogP contribution in [0.15, 0.2) is 18.2 Å². The van der Waals surface area contributed by atoms with Gasteiger partial charge in [0, 0.05) is 5.69 Å². The van der Waals surface area contributed by atoms with E-state index in [1.54, 1.807) is 6.07 Å². The molecule has 68 valence electrons. The zero-order valence-electron chi connectivity index (χ0n) is 7.16. The summed E-state index contributed by atoms with van der Waals surface area (Å²) < 4.78 is 0. The Kier molecular flexibility index (Phi) is 1.72. The number of carbonyl (C=O) groups is 1. The minimum absolute atomic E-state index is 0.296. The maximum absolute atomic E-state index is 10.9. The topological polar surface area (TPSA) is 63.3 Å². The fraction of sp³-hybridized carbons (Fsp3) is 0.300. The van der Waals surface area contributed by atoms with Crippen molar-refractivity contribution in [1.29, 1.82) is 0 Å². The molecule has 1 aromatic rings. The quantitative estimate of drug-likeness (QED) is 0.677. The van der Waals surface area contributed by atoms with Crippen molar-refractivity contribution in [3.63, 3.8) is 0 Å². The van der Waals surface area contributed by atoms with Gasteiger partial charge < -0.3 is 10.8 Å². The average molecular weight is 177 g/mol. The second-order valence-electron chi connectivity index (χ2n) is 3.39. The Balaban J connectivity index is 2.53. The van der Waals surface area contributed by atoms with Gasteiger partial charge in [0.2, 0.25) is 0 Å². The van der Waals surface area contributed by atoms with E-state index in [1.165, 1.54) is 0 Å². The third-order valence-electron chi connectivity index (χ3n) is 2.36. The highest BCUT2D eigenvalue weighted by atomic mass is 16.4. The predicted molar refractivity (Wildman–Crippen MR) is 49.8 cm³/mol. The summed E-state index contributed by atoms with van der Waals surface area (Å²) in [5.74, 6) is -0.491. The molecule has 0 aromatic heterocycles. The highest BCUT2D eigenvalue weighted by Crippen LogP contribution is 2.42. The number of aromatic carboxylic acids is 1. The summed E-state index contributed by atoms with van der Waals surface area (Å²) in [6.07, 6.45) is 2.17. The number of benzene rings is 1. The largest absolute Gasteiger partial charge is 0.478 e. The van der Waals surface area contributed by atoms with Gasteiger partial charge in [0.15, 0.2) is 0 Å². The molecule has 0 heterocycles. The summed E-state index contributed by atoms with van der Waals surface area (Å²) >= 11 is 0. The van der Waals surface area contributed by atoms with Crippen molar-refractivity contribution in [2.75, 3.05) is 5.73 Å². The third kappa shape index (κ3) is 1.37. The van der Waals surface area contributed by atoms with E-state index >= 15 is 0 Å². The fourth-order valence-electron chi connectivity index (χ4n) is 1.57. The van der Waals surface area contributed by atoms with Crippen LogP contribution in [-0.4, -0.2) is 11.1 Å². The van der Waals surface area contributed by atoms with Gasteiger partial charge in [-0.05, 0) is 30.4 Å². The number of carboxylic acids is 1. The van der Waals surface area contributed by atoms with Gasteiger partial charge in [-0.25, -0.2) is 4.79 Å². The summed E-state index contributed by atoms with van der Waals surface area (Å²) in [5, 5.41) is 8.94. The Labute approximate surface area is 76.2 Å². The summed E-state index contributed by atoms with van der Waals surface area (Å²) in [4.78, 5) is 10.9. The number of hydrogen-bond donors (Lipinski definition) is 2. The normalized spacial score (nSPS) is 15.7. The van der Waals surface area contributed by atoms with Crippen molar-refractivity contribution in [3.8, 4) is 0 Å². The van der Waals surface area contributed by atoms with Gasteiger partial charge in [-0.3, -0.25) is 0 Å². The molecule has 3 N–H and O–H groups in total. The molecule has 0 bridgehead atoms. The Hall–Kier alpha value is -1.51. The lowest BCUT2D eigenvalue weighted by Gasteiger charge is -2.06. The first kappa shape index (κ1) is 8.10. The molecule has 1 aromatic carbocycles. The maximum Gasteiger partial charge on any atom is 0.338 e. The Morgan fingerprint density at radius 2 is 2.15 bits per heavy atom. The lowest BCUT2D eigenvalue weighted by atomic mass is 10.0. The molecule has 0 saturated heterocycles. The lowest BCUT2D eigenvalue weighted by Crippen LogP contribution is -2.06. The van der Waals surface area contributed by atoms with Crippen LogP contribution in [0, 0.1) is 0 Å². The molecule has 3 heteroatoms. The Morgan fingerprint density at radius 3 is 2.69 bits per heavy atom. The van der Waals surface area contributed by atoms with Gasteiger partial charge in [-0.1, -0.05) is 12.1 Å². The van der Waals surface area contributed by atoms with Crippen LogP contribution >= 0.6 is 0 Å². The van der Waals surface area contributed by atoms with Crippen LogP contribution in [-0.2, 0) is 0 Å². The van der Waals surface area contributed by atoms with Gasteiger partial charge in [0.25, 0.3) is 0 Å². The van der Waals surface area contributed by atoms with Crippen molar-refractivity contribution in [3.05, 3.63) is 29.3 Å². The number of anilines is 1. The number of carboxylic acid groups (broad SMARTS) is 1. The molecule has 1 aliphatic rings. The first-order valence-electron chi connectivity index (χ1n) is 4.32. The number of nitrogens with two attached hydrogens (primary N) is 1. The van der Waals surface area contributed by atoms with Crippen LogP contribution in [0.4, 0.5) is 5.69 Å². The monoisotopic (exact) mass is 177 g/mol. The van der Waals surface area contributed by atoms with E-state index in [0.717, 1.165) is 18.4 Å². The Bertz CT molecular complexity index is 356. The molecule has 0 amide bonds. The van der Waals surface area contributed by atoms with E-state index in [0.29, 0.717) is 17.2 Å². The Morgan fingerprint density at radius 1 is 1.46 bits per heavy atom. The molecule has 2 rings (SSSR count). The van der Waals surface area contributed by atoms with Crippen molar-refractivity contribution >= 4 is 11.7 Å². The van der Waals surface area contributed by atoms with Gasteiger partial charge >= 0.3 is 5.97 Å². The molecule has 3 nitrogen and oxygen atoms in total. The summed E-state index contributed by atoms with van der Waals surface area (Å²) in [6, 6.07) is 5.31. The minimum Gasteiger partial charge on any atom is -0.478 e. The van der Waals surface area contributed by atoms with Crippen LogP contribution in [0.25, 0.3) is 0 Å². The molecule has 0 unspecified atom stereocenters. The number of hydrogen-bond acceptors (Lipinski definition) is 2. The van der Waals surface area contributed by atoms with Crippen molar-refractivity contribution in [1.82, 2.24) is 0 Å². The van der Waals surface area contributed by atoms with Crippen LogP contribution in [0.1, 0.15) is 34.7 Å². The summed E-state index contributed by atoms with van der Waals surface area (Å²) in [7, 11) is 0. The van der Waals surface area contributed by atoms with Crippen LogP contribution < -0.4 is 5.73 Å². The van der Waals surface area contributed by atoms with Crippen molar-refractivity contribution < 1.29 is 9.90 Å². The number of nitrogen functional groups attached to an aromatic ring is 1. The van der Waals surface area contributed by atoms with Crippen molar-refractivity contribution in [2.24, 2.45) is 0 Å². The standard InChI is InChI=1S/C10H11NO2/c11-8-3-1-2-7(6-4-5-6)9(8)10(12)13/h1-3,6H,4-5,11H2,(H,12,13). The molecule has 1 aliphatic carbocycles. The van der Waals surface area contributed by atoms with Crippen LogP contribution in [0.5, 0.6) is 0 Å².